The van der Waals surface area contributed by atoms with Gasteiger partial charge in [-0.15, -0.1) is 0 Å². The van der Waals surface area contributed by atoms with Crippen molar-refractivity contribution in [1.29, 1.82) is 0 Å². The summed E-state index contributed by atoms with van der Waals surface area (Å²) in [6.45, 7) is 4.00. The van der Waals surface area contributed by atoms with Gasteiger partial charge in [-0.05, 0) is 12.8 Å². The normalized spacial score (nSPS) is 16.2. The second-order valence-electron chi connectivity index (χ2n) is 3.85. The van der Waals surface area contributed by atoms with E-state index in [2.05, 4.69) is 5.10 Å². The molecule has 0 aliphatic heterocycles. The molecule has 0 N–H and O–H groups in total. The standard InChI is InChI=1S/C10H12Cl2N2O.C2H6/c11-8-6-13-14(10(15)9(8)12)7-4-2-1-3-5-7;1-2/h6-7H,1-5H2;1-2H3. The van der Waals surface area contributed by atoms with Gasteiger partial charge in [-0.2, -0.15) is 5.10 Å². The van der Waals surface area contributed by atoms with Crippen molar-refractivity contribution in [3.8, 4) is 0 Å². The summed E-state index contributed by atoms with van der Waals surface area (Å²) in [7, 11) is 0. The van der Waals surface area contributed by atoms with Crippen LogP contribution in [-0.2, 0) is 0 Å². The lowest BCUT2D eigenvalue weighted by Crippen LogP contribution is -2.28. The van der Waals surface area contributed by atoms with Gasteiger partial charge < -0.3 is 0 Å². The van der Waals surface area contributed by atoms with Gasteiger partial charge in [0.25, 0.3) is 5.56 Å². The van der Waals surface area contributed by atoms with Crippen LogP contribution < -0.4 is 5.56 Å². The summed E-state index contributed by atoms with van der Waals surface area (Å²) in [6.07, 6.45) is 7.00. The van der Waals surface area contributed by atoms with E-state index in [1.54, 1.807) is 0 Å². The zero-order chi connectivity index (χ0) is 12.8. The highest BCUT2D eigenvalue weighted by Crippen LogP contribution is 2.27. The van der Waals surface area contributed by atoms with E-state index >= 15 is 0 Å². The Balaban J connectivity index is 0.000000686. The average molecular weight is 277 g/mol. The Morgan fingerprint density at radius 1 is 1.24 bits per heavy atom. The average Bonchev–Trinajstić information content (AvgIpc) is 2.40. The van der Waals surface area contributed by atoms with Gasteiger partial charge in [0.15, 0.2) is 0 Å². The minimum atomic E-state index is -0.268. The maximum absolute atomic E-state index is 11.8. The number of hydrogen-bond donors (Lipinski definition) is 0. The van der Waals surface area contributed by atoms with Gasteiger partial charge in [-0.1, -0.05) is 56.3 Å². The Labute approximate surface area is 112 Å². The molecule has 2 rings (SSSR count). The van der Waals surface area contributed by atoms with E-state index in [0.29, 0.717) is 0 Å². The Bertz CT molecular complexity index is 411. The van der Waals surface area contributed by atoms with E-state index in [1.807, 2.05) is 13.8 Å². The fraction of sp³-hybridized carbons (Fsp3) is 0.667. The Kier molecular flexibility index (Phi) is 6.00. The first-order valence-corrected chi connectivity index (χ1v) is 6.88. The topological polar surface area (TPSA) is 34.9 Å². The second kappa shape index (κ2) is 7.02. The predicted molar refractivity (Wildman–Crippen MR) is 72.0 cm³/mol. The van der Waals surface area contributed by atoms with Crippen molar-refractivity contribution in [2.45, 2.75) is 52.0 Å². The van der Waals surface area contributed by atoms with Crippen LogP contribution in [0.25, 0.3) is 0 Å². The molecule has 3 nitrogen and oxygen atoms in total. The molecule has 1 aliphatic carbocycles. The summed E-state index contributed by atoms with van der Waals surface area (Å²) in [5, 5.41) is 4.36. The summed E-state index contributed by atoms with van der Waals surface area (Å²) < 4.78 is 1.48. The summed E-state index contributed by atoms with van der Waals surface area (Å²) in [4.78, 5) is 11.8. The molecule has 1 fully saturated rings. The van der Waals surface area contributed by atoms with Crippen molar-refractivity contribution in [3.05, 3.63) is 26.6 Å². The number of nitrogens with zero attached hydrogens (tertiary/aromatic N) is 2. The molecule has 96 valence electrons. The highest BCUT2D eigenvalue weighted by atomic mass is 35.5. The van der Waals surface area contributed by atoms with E-state index in [1.165, 1.54) is 17.3 Å². The number of halogens is 2. The van der Waals surface area contributed by atoms with Crippen LogP contribution in [0.5, 0.6) is 0 Å². The zero-order valence-corrected chi connectivity index (χ0v) is 11.8. The van der Waals surface area contributed by atoms with Gasteiger partial charge >= 0.3 is 0 Å². The van der Waals surface area contributed by atoms with E-state index < -0.39 is 0 Å². The van der Waals surface area contributed by atoms with Crippen LogP contribution >= 0.6 is 23.2 Å². The molecule has 0 aromatic carbocycles. The first kappa shape index (κ1) is 14.5. The molecule has 1 saturated carbocycles. The lowest BCUT2D eigenvalue weighted by Gasteiger charge is -2.22. The molecule has 0 atom stereocenters. The third kappa shape index (κ3) is 3.46. The molecule has 0 saturated heterocycles. The Morgan fingerprint density at radius 3 is 2.41 bits per heavy atom. The monoisotopic (exact) mass is 276 g/mol. The molecule has 1 heterocycles. The van der Waals surface area contributed by atoms with E-state index in [0.717, 1.165) is 25.7 Å². The smallest absolute Gasteiger partial charge is 0.266 e. The molecule has 17 heavy (non-hydrogen) atoms. The minimum absolute atomic E-state index is 0.0808. The van der Waals surface area contributed by atoms with Crippen molar-refractivity contribution >= 4 is 23.2 Å². The second-order valence-corrected chi connectivity index (χ2v) is 4.63. The Hall–Kier alpha value is -0.540. The van der Waals surface area contributed by atoms with Crippen molar-refractivity contribution in [2.75, 3.05) is 0 Å². The lowest BCUT2D eigenvalue weighted by molar-refractivity contribution is 0.318. The zero-order valence-electron chi connectivity index (χ0n) is 10.2. The van der Waals surface area contributed by atoms with Crippen LogP contribution in [0.15, 0.2) is 11.0 Å². The summed E-state index contributed by atoms with van der Waals surface area (Å²) in [5.41, 5.74) is -0.268. The summed E-state index contributed by atoms with van der Waals surface area (Å²) >= 11 is 11.5. The Morgan fingerprint density at radius 2 is 1.82 bits per heavy atom. The highest BCUT2D eigenvalue weighted by molar-refractivity contribution is 6.41. The first-order valence-electron chi connectivity index (χ1n) is 6.13. The van der Waals surface area contributed by atoms with Crippen LogP contribution in [0.1, 0.15) is 52.0 Å². The largest absolute Gasteiger partial charge is 0.287 e. The molecule has 0 unspecified atom stereocenters. The molecular weight excluding hydrogens is 259 g/mol. The lowest BCUT2D eigenvalue weighted by atomic mass is 9.96. The SMILES string of the molecule is CC.O=c1c(Cl)c(Cl)cnn1C1CCCCC1. The van der Waals surface area contributed by atoms with Crippen LogP contribution in [-0.4, -0.2) is 9.78 Å². The molecule has 1 aliphatic rings. The third-order valence-electron chi connectivity index (χ3n) is 2.82. The maximum atomic E-state index is 11.8. The van der Waals surface area contributed by atoms with Gasteiger partial charge in [0.1, 0.15) is 5.02 Å². The van der Waals surface area contributed by atoms with E-state index in [9.17, 15) is 4.79 Å². The van der Waals surface area contributed by atoms with E-state index in [4.69, 9.17) is 23.2 Å². The van der Waals surface area contributed by atoms with Crippen molar-refractivity contribution < 1.29 is 0 Å². The van der Waals surface area contributed by atoms with Crippen molar-refractivity contribution in [3.63, 3.8) is 0 Å². The quantitative estimate of drug-likeness (QED) is 0.775. The van der Waals surface area contributed by atoms with Crippen LogP contribution in [0.4, 0.5) is 0 Å². The van der Waals surface area contributed by atoms with Gasteiger partial charge in [-0.25, -0.2) is 4.68 Å². The van der Waals surface area contributed by atoms with Crippen molar-refractivity contribution in [2.24, 2.45) is 0 Å². The molecule has 5 heteroatoms. The first-order chi connectivity index (χ1) is 8.20. The number of aromatic nitrogens is 2. The number of hydrogen-bond acceptors (Lipinski definition) is 2. The van der Waals surface area contributed by atoms with Gasteiger partial charge in [-0.3, -0.25) is 4.79 Å². The highest BCUT2D eigenvalue weighted by Gasteiger charge is 2.19. The molecular formula is C12H18Cl2N2O. The third-order valence-corrected chi connectivity index (χ3v) is 3.57. The predicted octanol–water partition coefficient (Wildman–Crippen LogP) is 4.08. The number of rotatable bonds is 1. The van der Waals surface area contributed by atoms with Crippen LogP contribution in [0, 0.1) is 0 Å². The van der Waals surface area contributed by atoms with Crippen LogP contribution in [0.2, 0.25) is 10.0 Å². The van der Waals surface area contributed by atoms with Gasteiger partial charge in [0.2, 0.25) is 0 Å². The summed E-state index contributed by atoms with van der Waals surface area (Å²) in [5.74, 6) is 0. The fourth-order valence-corrected chi connectivity index (χ4v) is 2.27. The molecule has 1 aromatic heterocycles. The fourth-order valence-electron chi connectivity index (χ4n) is 2.01. The van der Waals surface area contributed by atoms with Gasteiger partial charge in [0.05, 0.1) is 17.3 Å². The summed E-state index contributed by atoms with van der Waals surface area (Å²) in [6, 6.07) is 0.195. The van der Waals surface area contributed by atoms with Crippen LogP contribution in [0.3, 0.4) is 0 Å². The molecule has 0 radical (unpaired) electrons. The van der Waals surface area contributed by atoms with Crippen molar-refractivity contribution in [1.82, 2.24) is 9.78 Å². The van der Waals surface area contributed by atoms with E-state index in [-0.39, 0.29) is 21.6 Å². The molecule has 0 bridgehead atoms. The molecule has 1 aromatic rings. The van der Waals surface area contributed by atoms with Gasteiger partial charge in [0, 0.05) is 0 Å². The minimum Gasteiger partial charge on any atom is -0.266 e. The maximum Gasteiger partial charge on any atom is 0.287 e. The molecule has 0 spiro atoms. The molecule has 0 amide bonds.